The molecule has 1 atom stereocenters. The number of amides is 1. The molecular formula is C25H19IN2O. The molecule has 0 radical (unpaired) electrons. The maximum atomic E-state index is 13.6. The number of hydrogen-bond donors (Lipinski definition) is 1. The molecule has 0 aromatic heterocycles. The fraction of sp³-hybridized carbons (Fsp3) is 0.0800. The highest BCUT2D eigenvalue weighted by Gasteiger charge is 2.34. The van der Waals surface area contributed by atoms with Crippen LogP contribution in [0.5, 0.6) is 0 Å². The van der Waals surface area contributed by atoms with E-state index < -0.39 is 0 Å². The van der Waals surface area contributed by atoms with Gasteiger partial charge in [0, 0.05) is 14.9 Å². The Morgan fingerprint density at radius 2 is 1.69 bits per heavy atom. The topological polar surface area (TPSA) is 32.3 Å². The molecule has 5 rings (SSSR count). The normalized spacial score (nSPS) is 15.9. The molecule has 0 bridgehead atoms. The van der Waals surface area contributed by atoms with E-state index >= 15 is 0 Å². The Morgan fingerprint density at radius 3 is 2.52 bits per heavy atom. The molecule has 0 fully saturated rings. The van der Waals surface area contributed by atoms with Gasteiger partial charge in [0.15, 0.2) is 0 Å². The smallest absolute Gasteiger partial charge is 0.262 e. The van der Waals surface area contributed by atoms with E-state index in [0.29, 0.717) is 5.56 Å². The first-order valence-corrected chi connectivity index (χ1v) is 10.6. The molecule has 3 nitrogen and oxygen atoms in total. The molecule has 0 saturated carbocycles. The molecule has 1 amide bonds. The number of carbonyl (C=O) groups excluding carboxylic acids is 1. The van der Waals surface area contributed by atoms with Crippen LogP contribution in [-0.2, 0) is 0 Å². The van der Waals surface area contributed by atoms with Crippen molar-refractivity contribution in [2.45, 2.75) is 13.1 Å². The lowest BCUT2D eigenvalue weighted by molar-refractivity contribution is 0.0975. The monoisotopic (exact) mass is 490 g/mol. The number of nitrogens with zero attached hydrogens (tertiary/aromatic N) is 1. The first-order valence-electron chi connectivity index (χ1n) is 9.55. The average Bonchev–Trinajstić information content (AvgIpc) is 2.73. The fourth-order valence-corrected chi connectivity index (χ4v) is 4.42. The second kappa shape index (κ2) is 7.19. The van der Waals surface area contributed by atoms with Crippen molar-refractivity contribution in [3.63, 3.8) is 0 Å². The summed E-state index contributed by atoms with van der Waals surface area (Å²) in [6.45, 7) is 2.05. The summed E-state index contributed by atoms with van der Waals surface area (Å²) >= 11 is 2.25. The van der Waals surface area contributed by atoms with Gasteiger partial charge in [-0.15, -0.1) is 0 Å². The summed E-state index contributed by atoms with van der Waals surface area (Å²) in [4.78, 5) is 15.5. The quantitative estimate of drug-likeness (QED) is 0.325. The molecule has 1 N–H and O–H groups in total. The van der Waals surface area contributed by atoms with Crippen LogP contribution in [0, 0.1) is 10.5 Å². The summed E-state index contributed by atoms with van der Waals surface area (Å²) in [5.41, 5.74) is 4.65. The maximum absolute atomic E-state index is 13.6. The van der Waals surface area contributed by atoms with E-state index in [-0.39, 0.29) is 12.1 Å². The van der Waals surface area contributed by atoms with Gasteiger partial charge < -0.3 is 5.32 Å². The summed E-state index contributed by atoms with van der Waals surface area (Å²) < 4.78 is 1.05. The molecule has 4 aromatic carbocycles. The number of benzene rings is 4. The van der Waals surface area contributed by atoms with Crippen molar-refractivity contribution in [2.24, 2.45) is 0 Å². The minimum absolute atomic E-state index is 0.0148. The lowest BCUT2D eigenvalue weighted by Crippen LogP contribution is -2.43. The van der Waals surface area contributed by atoms with Crippen LogP contribution in [0.3, 0.4) is 0 Å². The summed E-state index contributed by atoms with van der Waals surface area (Å²) in [7, 11) is 0. The second-order valence-corrected chi connectivity index (χ2v) is 8.60. The van der Waals surface area contributed by atoms with E-state index in [2.05, 4.69) is 64.3 Å². The van der Waals surface area contributed by atoms with E-state index in [1.807, 2.05) is 60.4 Å². The van der Waals surface area contributed by atoms with Crippen LogP contribution in [0.1, 0.15) is 27.7 Å². The molecule has 0 unspecified atom stereocenters. The minimum Gasteiger partial charge on any atom is -0.360 e. The van der Waals surface area contributed by atoms with E-state index in [1.165, 1.54) is 5.39 Å². The Labute approximate surface area is 183 Å². The number of carbonyl (C=O) groups is 1. The Kier molecular flexibility index (Phi) is 4.51. The fourth-order valence-electron chi connectivity index (χ4n) is 3.93. The largest absolute Gasteiger partial charge is 0.360 e. The third-order valence-corrected chi connectivity index (χ3v) is 6.02. The number of hydrogen-bond acceptors (Lipinski definition) is 2. The van der Waals surface area contributed by atoms with Crippen LogP contribution in [0.2, 0.25) is 0 Å². The van der Waals surface area contributed by atoms with E-state index in [4.69, 9.17) is 0 Å². The van der Waals surface area contributed by atoms with E-state index in [0.717, 1.165) is 31.5 Å². The number of rotatable bonds is 2. The lowest BCUT2D eigenvalue weighted by Gasteiger charge is -2.38. The molecule has 0 spiro atoms. The predicted octanol–water partition coefficient (Wildman–Crippen LogP) is 6.52. The van der Waals surface area contributed by atoms with Gasteiger partial charge in [0.2, 0.25) is 0 Å². The number of nitrogens with one attached hydrogen (secondary N) is 1. The highest BCUT2D eigenvalue weighted by Crippen LogP contribution is 2.38. The van der Waals surface area contributed by atoms with Crippen LogP contribution in [0.25, 0.3) is 10.8 Å². The molecule has 4 aromatic rings. The molecule has 4 heteroatoms. The van der Waals surface area contributed by atoms with Crippen molar-refractivity contribution in [3.8, 4) is 0 Å². The number of aryl methyl sites for hydroxylation is 1. The average molecular weight is 490 g/mol. The van der Waals surface area contributed by atoms with Crippen LogP contribution in [0.4, 0.5) is 11.4 Å². The molecule has 0 aliphatic carbocycles. The summed E-state index contributed by atoms with van der Waals surface area (Å²) in [5, 5.41) is 5.96. The van der Waals surface area contributed by atoms with E-state index in [9.17, 15) is 4.79 Å². The van der Waals surface area contributed by atoms with Crippen LogP contribution >= 0.6 is 22.6 Å². The summed E-state index contributed by atoms with van der Waals surface area (Å²) in [6, 6.07) is 28.8. The van der Waals surface area contributed by atoms with Gasteiger partial charge in [-0.25, -0.2) is 0 Å². The molecule has 0 saturated heterocycles. The van der Waals surface area contributed by atoms with Crippen molar-refractivity contribution >= 4 is 50.6 Å². The molecule has 142 valence electrons. The summed E-state index contributed by atoms with van der Waals surface area (Å²) in [5.74, 6) is 0.0148. The maximum Gasteiger partial charge on any atom is 0.262 e. The first-order chi connectivity index (χ1) is 14.1. The highest BCUT2D eigenvalue weighted by atomic mass is 127. The third kappa shape index (κ3) is 3.27. The molecule has 29 heavy (non-hydrogen) atoms. The number of halogens is 1. The Balaban J connectivity index is 1.69. The Bertz CT molecular complexity index is 1250. The molecular weight excluding hydrogens is 471 g/mol. The van der Waals surface area contributed by atoms with Gasteiger partial charge in [0.05, 0.1) is 5.56 Å². The van der Waals surface area contributed by atoms with Crippen molar-refractivity contribution in [1.82, 2.24) is 0 Å². The van der Waals surface area contributed by atoms with Gasteiger partial charge in [-0.3, -0.25) is 9.69 Å². The molecule has 1 heterocycles. The SMILES string of the molecule is Cc1cccc(N2C(=O)c3cc(I)ccc3N[C@H]2c2ccc3ccccc3c2)c1. The van der Waals surface area contributed by atoms with Gasteiger partial charge in [-0.05, 0) is 87.8 Å². The highest BCUT2D eigenvalue weighted by molar-refractivity contribution is 14.1. The standard InChI is InChI=1S/C25H19IN2O/c1-16-5-4-8-21(13-16)28-24(19-10-9-17-6-2-3-7-18(17)14-19)27-23-12-11-20(26)15-22(23)25(28)29/h2-15,24,27H,1H3/t24-/m1/s1. The van der Waals surface area contributed by atoms with Crippen molar-refractivity contribution < 1.29 is 4.79 Å². The zero-order valence-corrected chi connectivity index (χ0v) is 18.1. The number of fused-ring (bicyclic) bond motifs is 2. The lowest BCUT2D eigenvalue weighted by atomic mass is 10.00. The van der Waals surface area contributed by atoms with Crippen LogP contribution < -0.4 is 10.2 Å². The molecule has 1 aliphatic rings. The minimum atomic E-state index is -0.276. The van der Waals surface area contributed by atoms with Gasteiger partial charge in [-0.2, -0.15) is 0 Å². The Hall–Kier alpha value is -2.86. The van der Waals surface area contributed by atoms with Crippen molar-refractivity contribution in [1.29, 1.82) is 0 Å². The van der Waals surface area contributed by atoms with Crippen molar-refractivity contribution in [2.75, 3.05) is 10.2 Å². The van der Waals surface area contributed by atoms with Gasteiger partial charge in [-0.1, -0.05) is 48.5 Å². The Morgan fingerprint density at radius 1 is 0.862 bits per heavy atom. The zero-order chi connectivity index (χ0) is 20.0. The van der Waals surface area contributed by atoms with Gasteiger partial charge >= 0.3 is 0 Å². The first kappa shape index (κ1) is 18.2. The second-order valence-electron chi connectivity index (χ2n) is 7.36. The predicted molar refractivity (Wildman–Crippen MR) is 127 cm³/mol. The third-order valence-electron chi connectivity index (χ3n) is 5.35. The van der Waals surface area contributed by atoms with Crippen LogP contribution in [-0.4, -0.2) is 5.91 Å². The zero-order valence-electron chi connectivity index (χ0n) is 15.9. The van der Waals surface area contributed by atoms with Gasteiger partial charge in [0.25, 0.3) is 5.91 Å². The van der Waals surface area contributed by atoms with Crippen molar-refractivity contribution in [3.05, 3.63) is 105 Å². The van der Waals surface area contributed by atoms with Crippen LogP contribution in [0.15, 0.2) is 84.9 Å². The molecule has 1 aliphatic heterocycles. The van der Waals surface area contributed by atoms with Gasteiger partial charge in [0.1, 0.15) is 6.17 Å². The van der Waals surface area contributed by atoms with E-state index in [1.54, 1.807) is 0 Å². The summed E-state index contributed by atoms with van der Waals surface area (Å²) in [6.07, 6.45) is -0.276. The number of anilines is 2.